The fourth-order valence-corrected chi connectivity index (χ4v) is 3.45. The molecule has 25 heavy (non-hydrogen) atoms. The second kappa shape index (κ2) is 7.92. The van der Waals surface area contributed by atoms with Crippen molar-refractivity contribution in [3.63, 3.8) is 0 Å². The van der Waals surface area contributed by atoms with Gasteiger partial charge in [-0.25, -0.2) is 0 Å². The van der Waals surface area contributed by atoms with Gasteiger partial charge in [-0.05, 0) is 30.7 Å². The number of piperidine rings is 1. The van der Waals surface area contributed by atoms with Gasteiger partial charge in [-0.15, -0.1) is 0 Å². The number of likely N-dealkylation sites (tertiary alicyclic amines) is 1. The maximum Gasteiger partial charge on any atom is 0.273 e. The fourth-order valence-electron chi connectivity index (χ4n) is 3.45. The summed E-state index contributed by atoms with van der Waals surface area (Å²) in [7, 11) is 0. The molecule has 0 aliphatic carbocycles. The second-order valence-corrected chi connectivity index (χ2v) is 6.58. The van der Waals surface area contributed by atoms with Crippen LogP contribution in [-0.4, -0.2) is 28.8 Å². The van der Waals surface area contributed by atoms with Gasteiger partial charge in [0.05, 0.1) is 11.3 Å². The number of carbonyl (C=O) groups is 1. The zero-order valence-corrected chi connectivity index (χ0v) is 14.1. The molecule has 2 aromatic carbocycles. The van der Waals surface area contributed by atoms with E-state index in [-0.39, 0.29) is 18.0 Å². The van der Waals surface area contributed by atoms with E-state index >= 15 is 0 Å². The molecule has 1 aliphatic heterocycles. The zero-order valence-electron chi connectivity index (χ0n) is 14.1. The van der Waals surface area contributed by atoms with Gasteiger partial charge in [0.25, 0.3) is 5.69 Å². The highest BCUT2D eigenvalue weighted by atomic mass is 16.6. The van der Waals surface area contributed by atoms with Crippen LogP contribution in [0.3, 0.4) is 0 Å². The van der Waals surface area contributed by atoms with E-state index < -0.39 is 4.92 Å². The van der Waals surface area contributed by atoms with Crippen LogP contribution >= 0.6 is 0 Å². The van der Waals surface area contributed by atoms with E-state index in [1.165, 1.54) is 11.6 Å². The van der Waals surface area contributed by atoms with Crippen LogP contribution in [0.2, 0.25) is 0 Å². The molecular formula is C20H22N2O3. The highest BCUT2D eigenvalue weighted by molar-refractivity contribution is 5.80. The van der Waals surface area contributed by atoms with Gasteiger partial charge < -0.3 is 4.90 Å². The van der Waals surface area contributed by atoms with Crippen LogP contribution in [0.25, 0.3) is 0 Å². The number of nitro groups is 1. The summed E-state index contributed by atoms with van der Waals surface area (Å²) in [6.07, 6.45) is 3.11. The molecule has 0 unspecified atom stereocenters. The number of nitrogens with zero attached hydrogens (tertiary/aromatic N) is 2. The minimum atomic E-state index is -0.422. The summed E-state index contributed by atoms with van der Waals surface area (Å²) in [6, 6.07) is 16.9. The number of hydrogen-bond donors (Lipinski definition) is 0. The quantitative estimate of drug-likeness (QED) is 0.618. The molecule has 0 spiro atoms. The lowest BCUT2D eigenvalue weighted by molar-refractivity contribution is -0.385. The number of para-hydroxylation sites is 1. The molecule has 130 valence electrons. The van der Waals surface area contributed by atoms with Gasteiger partial charge in [0.1, 0.15) is 0 Å². The van der Waals surface area contributed by atoms with E-state index in [1.807, 2.05) is 11.0 Å². The lowest BCUT2D eigenvalue weighted by Crippen LogP contribution is -2.39. The van der Waals surface area contributed by atoms with E-state index in [0.717, 1.165) is 32.4 Å². The number of carbonyl (C=O) groups excluding carboxylic acids is 1. The SMILES string of the molecule is O=C(Cc1ccccc1[N+](=O)[O-])N1CCC(Cc2ccccc2)CC1. The topological polar surface area (TPSA) is 63.4 Å². The van der Waals surface area contributed by atoms with Crippen molar-refractivity contribution < 1.29 is 9.72 Å². The summed E-state index contributed by atoms with van der Waals surface area (Å²) in [6.45, 7) is 1.47. The predicted octanol–water partition coefficient (Wildman–Crippen LogP) is 3.62. The first-order chi connectivity index (χ1) is 12.1. The van der Waals surface area contributed by atoms with Crippen LogP contribution in [0.1, 0.15) is 24.0 Å². The average Bonchev–Trinajstić information content (AvgIpc) is 2.63. The molecule has 0 radical (unpaired) electrons. The first kappa shape index (κ1) is 17.1. The molecule has 0 saturated carbocycles. The Balaban J connectivity index is 1.54. The number of hydrogen-bond acceptors (Lipinski definition) is 3. The predicted molar refractivity (Wildman–Crippen MR) is 96.3 cm³/mol. The summed E-state index contributed by atoms with van der Waals surface area (Å²) in [5, 5.41) is 11.1. The molecule has 1 amide bonds. The molecule has 0 bridgehead atoms. The largest absolute Gasteiger partial charge is 0.342 e. The van der Waals surface area contributed by atoms with Crippen molar-refractivity contribution in [2.45, 2.75) is 25.7 Å². The third-order valence-corrected chi connectivity index (χ3v) is 4.86. The number of benzene rings is 2. The first-order valence-corrected chi connectivity index (χ1v) is 8.67. The Morgan fingerprint density at radius 1 is 1.04 bits per heavy atom. The van der Waals surface area contributed by atoms with Crippen molar-refractivity contribution >= 4 is 11.6 Å². The van der Waals surface area contributed by atoms with E-state index in [4.69, 9.17) is 0 Å². The molecule has 5 heteroatoms. The standard InChI is InChI=1S/C20H22N2O3/c23-20(15-18-8-4-5-9-19(18)22(24)25)21-12-10-17(11-13-21)14-16-6-2-1-3-7-16/h1-9,17H,10-15H2. The van der Waals surface area contributed by atoms with E-state index in [2.05, 4.69) is 24.3 Å². The van der Waals surface area contributed by atoms with E-state index in [1.54, 1.807) is 18.2 Å². The van der Waals surface area contributed by atoms with Gasteiger partial charge in [-0.2, -0.15) is 0 Å². The van der Waals surface area contributed by atoms with Crippen LogP contribution in [0.15, 0.2) is 54.6 Å². The Morgan fingerprint density at radius 3 is 2.36 bits per heavy atom. The Labute approximate surface area is 147 Å². The van der Waals surface area contributed by atoms with Crippen LogP contribution in [0, 0.1) is 16.0 Å². The summed E-state index contributed by atoms with van der Waals surface area (Å²) in [5.41, 5.74) is 1.85. The van der Waals surface area contributed by atoms with Crippen LogP contribution in [-0.2, 0) is 17.6 Å². The fraction of sp³-hybridized carbons (Fsp3) is 0.350. The number of rotatable bonds is 5. The lowest BCUT2D eigenvalue weighted by Gasteiger charge is -2.32. The molecule has 3 rings (SSSR count). The molecule has 1 saturated heterocycles. The monoisotopic (exact) mass is 338 g/mol. The third kappa shape index (κ3) is 4.44. The smallest absolute Gasteiger partial charge is 0.273 e. The van der Waals surface area contributed by atoms with Crippen molar-refractivity contribution in [1.82, 2.24) is 4.90 Å². The number of nitro benzene ring substituents is 1. The molecular weight excluding hydrogens is 316 g/mol. The Morgan fingerprint density at radius 2 is 1.68 bits per heavy atom. The third-order valence-electron chi connectivity index (χ3n) is 4.86. The summed E-state index contributed by atoms with van der Waals surface area (Å²) >= 11 is 0. The second-order valence-electron chi connectivity index (χ2n) is 6.58. The van der Waals surface area contributed by atoms with Crippen molar-refractivity contribution in [2.24, 2.45) is 5.92 Å². The highest BCUT2D eigenvalue weighted by Crippen LogP contribution is 2.23. The minimum absolute atomic E-state index is 0.0209. The highest BCUT2D eigenvalue weighted by Gasteiger charge is 2.24. The summed E-state index contributed by atoms with van der Waals surface area (Å²) in [4.78, 5) is 25.0. The zero-order chi connectivity index (χ0) is 17.6. The lowest BCUT2D eigenvalue weighted by atomic mass is 9.90. The molecule has 5 nitrogen and oxygen atoms in total. The van der Waals surface area contributed by atoms with Gasteiger partial charge in [-0.3, -0.25) is 14.9 Å². The van der Waals surface area contributed by atoms with Crippen LogP contribution < -0.4 is 0 Å². The van der Waals surface area contributed by atoms with Gasteiger partial charge in [-0.1, -0.05) is 48.5 Å². The molecule has 1 aliphatic rings. The maximum atomic E-state index is 12.5. The van der Waals surface area contributed by atoms with Gasteiger partial charge in [0, 0.05) is 24.7 Å². The van der Waals surface area contributed by atoms with Gasteiger partial charge in [0.15, 0.2) is 0 Å². The van der Waals surface area contributed by atoms with Gasteiger partial charge >= 0.3 is 0 Å². The molecule has 1 fully saturated rings. The first-order valence-electron chi connectivity index (χ1n) is 8.67. The average molecular weight is 338 g/mol. The van der Waals surface area contributed by atoms with Crippen molar-refractivity contribution in [1.29, 1.82) is 0 Å². The Bertz CT molecular complexity index is 738. The molecule has 0 N–H and O–H groups in total. The number of amides is 1. The minimum Gasteiger partial charge on any atom is -0.342 e. The van der Waals surface area contributed by atoms with E-state index in [9.17, 15) is 14.9 Å². The van der Waals surface area contributed by atoms with Crippen LogP contribution in [0.5, 0.6) is 0 Å². The van der Waals surface area contributed by atoms with Crippen molar-refractivity contribution in [3.8, 4) is 0 Å². The van der Waals surface area contributed by atoms with Crippen molar-refractivity contribution in [2.75, 3.05) is 13.1 Å². The summed E-state index contributed by atoms with van der Waals surface area (Å²) in [5.74, 6) is 0.574. The Hall–Kier alpha value is -2.69. The molecule has 0 aromatic heterocycles. The van der Waals surface area contributed by atoms with Gasteiger partial charge in [0.2, 0.25) is 5.91 Å². The summed E-state index contributed by atoms with van der Waals surface area (Å²) < 4.78 is 0. The maximum absolute atomic E-state index is 12.5. The molecule has 1 heterocycles. The normalized spacial score (nSPS) is 15.1. The van der Waals surface area contributed by atoms with Crippen molar-refractivity contribution in [3.05, 3.63) is 75.8 Å². The molecule has 2 aromatic rings. The van der Waals surface area contributed by atoms with E-state index in [0.29, 0.717) is 11.5 Å². The van der Waals surface area contributed by atoms with Crippen LogP contribution in [0.4, 0.5) is 5.69 Å². The molecule has 0 atom stereocenters. The Kier molecular flexibility index (Phi) is 5.43.